The minimum atomic E-state index is -4.69. The predicted octanol–water partition coefficient (Wildman–Crippen LogP) is 7.84. The standard InChI is InChI=1S/C31H23F3N2O3S/c1-38-24-10-6-9-22(16-24)27(37)13-11-20-12-14-28(39-2)23(15-20)19-40-30-26(18-35)25(21-7-4-3-5-8-21)17-29(36-30)31(32,33)34/h3-17H,19H2,1-2H3/b13-11+. The van der Waals surface area contributed by atoms with Crippen LogP contribution in [0.15, 0.2) is 90.0 Å². The number of ketones is 1. The molecular weight excluding hydrogens is 537 g/mol. The molecule has 3 aromatic carbocycles. The number of allylic oxidation sites excluding steroid dienone is 1. The van der Waals surface area contributed by atoms with Crippen LogP contribution >= 0.6 is 11.8 Å². The maximum absolute atomic E-state index is 13.7. The number of nitriles is 1. The molecule has 0 aliphatic heterocycles. The highest BCUT2D eigenvalue weighted by molar-refractivity contribution is 7.98. The highest BCUT2D eigenvalue weighted by Gasteiger charge is 2.34. The fourth-order valence-electron chi connectivity index (χ4n) is 3.93. The van der Waals surface area contributed by atoms with Crippen molar-refractivity contribution in [2.24, 2.45) is 0 Å². The predicted molar refractivity (Wildman–Crippen MR) is 148 cm³/mol. The van der Waals surface area contributed by atoms with Crippen molar-refractivity contribution in [2.45, 2.75) is 17.0 Å². The van der Waals surface area contributed by atoms with E-state index in [1.165, 1.54) is 20.3 Å². The number of carbonyl (C=O) groups is 1. The van der Waals surface area contributed by atoms with Gasteiger partial charge in [-0.05, 0) is 47.5 Å². The second-order valence-electron chi connectivity index (χ2n) is 8.50. The van der Waals surface area contributed by atoms with Gasteiger partial charge < -0.3 is 9.47 Å². The second-order valence-corrected chi connectivity index (χ2v) is 9.46. The lowest BCUT2D eigenvalue weighted by Crippen LogP contribution is -2.10. The Bertz CT molecular complexity index is 1600. The van der Waals surface area contributed by atoms with Gasteiger partial charge in [-0.2, -0.15) is 18.4 Å². The van der Waals surface area contributed by atoms with Crippen LogP contribution in [0, 0.1) is 11.3 Å². The number of methoxy groups -OCH3 is 2. The van der Waals surface area contributed by atoms with Crippen LogP contribution in [-0.2, 0) is 11.9 Å². The number of benzene rings is 3. The number of rotatable bonds is 9. The van der Waals surface area contributed by atoms with Gasteiger partial charge in [-0.25, -0.2) is 4.98 Å². The normalized spacial score (nSPS) is 11.3. The molecule has 9 heteroatoms. The third kappa shape index (κ3) is 6.71. The first-order valence-corrected chi connectivity index (χ1v) is 13.0. The van der Waals surface area contributed by atoms with E-state index in [2.05, 4.69) is 4.98 Å². The molecule has 0 fully saturated rings. The van der Waals surface area contributed by atoms with E-state index in [-0.39, 0.29) is 27.7 Å². The summed E-state index contributed by atoms with van der Waals surface area (Å²) in [7, 11) is 3.01. The lowest BCUT2D eigenvalue weighted by atomic mass is 10.0. The molecule has 0 aliphatic carbocycles. The summed E-state index contributed by atoms with van der Waals surface area (Å²) in [5.41, 5.74) is 1.44. The quantitative estimate of drug-likeness (QED) is 0.118. The van der Waals surface area contributed by atoms with Gasteiger partial charge in [0.25, 0.3) is 0 Å². The Balaban J connectivity index is 1.64. The van der Waals surface area contributed by atoms with Crippen molar-refractivity contribution in [3.63, 3.8) is 0 Å². The Kier molecular flexibility index (Phi) is 8.92. The van der Waals surface area contributed by atoms with E-state index in [4.69, 9.17) is 9.47 Å². The third-order valence-electron chi connectivity index (χ3n) is 5.92. The van der Waals surface area contributed by atoms with Gasteiger partial charge in [-0.15, -0.1) is 11.8 Å². The molecule has 5 nitrogen and oxygen atoms in total. The maximum Gasteiger partial charge on any atom is 0.433 e. The first-order valence-electron chi connectivity index (χ1n) is 12.0. The van der Waals surface area contributed by atoms with Gasteiger partial charge in [0.1, 0.15) is 28.3 Å². The van der Waals surface area contributed by atoms with Gasteiger partial charge >= 0.3 is 6.18 Å². The van der Waals surface area contributed by atoms with Crippen LogP contribution in [-0.4, -0.2) is 25.0 Å². The zero-order chi connectivity index (χ0) is 28.7. The molecule has 0 bridgehead atoms. The number of pyridine rings is 1. The van der Waals surface area contributed by atoms with Crippen LogP contribution in [0.1, 0.15) is 32.7 Å². The van der Waals surface area contributed by atoms with Crippen molar-refractivity contribution >= 4 is 23.6 Å². The first-order chi connectivity index (χ1) is 19.2. The van der Waals surface area contributed by atoms with E-state index in [1.807, 2.05) is 6.07 Å². The van der Waals surface area contributed by atoms with Gasteiger partial charge in [0.15, 0.2) is 5.78 Å². The third-order valence-corrected chi connectivity index (χ3v) is 6.95. The van der Waals surface area contributed by atoms with Crippen molar-refractivity contribution < 1.29 is 27.4 Å². The van der Waals surface area contributed by atoms with E-state index in [9.17, 15) is 23.2 Å². The van der Waals surface area contributed by atoms with Crippen molar-refractivity contribution in [1.29, 1.82) is 5.26 Å². The Morgan fingerprint density at radius 3 is 2.45 bits per heavy atom. The molecule has 4 rings (SSSR count). The largest absolute Gasteiger partial charge is 0.497 e. The number of hydrogen-bond donors (Lipinski definition) is 0. The molecule has 0 amide bonds. The maximum atomic E-state index is 13.7. The first kappa shape index (κ1) is 28.5. The molecule has 0 unspecified atom stereocenters. The van der Waals surface area contributed by atoms with Crippen molar-refractivity contribution in [2.75, 3.05) is 14.2 Å². The molecule has 0 aliphatic rings. The zero-order valence-corrected chi connectivity index (χ0v) is 22.3. The average Bonchev–Trinajstić information content (AvgIpc) is 2.98. The van der Waals surface area contributed by atoms with Gasteiger partial charge in [-0.3, -0.25) is 4.79 Å². The highest BCUT2D eigenvalue weighted by atomic mass is 32.2. The molecule has 0 saturated carbocycles. The summed E-state index contributed by atoms with van der Waals surface area (Å²) in [5.74, 6) is 1.04. The average molecular weight is 561 g/mol. The summed E-state index contributed by atoms with van der Waals surface area (Å²) in [6.45, 7) is 0. The second kappa shape index (κ2) is 12.5. The summed E-state index contributed by atoms with van der Waals surface area (Å²) in [6, 6.07) is 23.4. The molecule has 1 aromatic heterocycles. The molecule has 0 N–H and O–H groups in total. The molecule has 0 radical (unpaired) electrons. The molecule has 0 spiro atoms. The zero-order valence-electron chi connectivity index (χ0n) is 21.5. The number of nitrogens with zero attached hydrogens (tertiary/aromatic N) is 2. The van der Waals surface area contributed by atoms with Crippen molar-refractivity contribution in [3.8, 4) is 28.7 Å². The molecule has 202 valence electrons. The van der Waals surface area contributed by atoms with E-state index in [1.54, 1.807) is 78.9 Å². The summed E-state index contributed by atoms with van der Waals surface area (Å²) in [6.07, 6.45) is -1.61. The van der Waals surface area contributed by atoms with Gasteiger partial charge in [0.2, 0.25) is 0 Å². The SMILES string of the molecule is COc1cccc(C(=O)/C=C/c2ccc(OC)c(CSc3nc(C(F)(F)F)cc(-c4ccccc4)c3C#N)c2)c1. The lowest BCUT2D eigenvalue weighted by molar-refractivity contribution is -0.141. The molecule has 0 saturated heterocycles. The summed E-state index contributed by atoms with van der Waals surface area (Å²) in [4.78, 5) is 16.4. The topological polar surface area (TPSA) is 72.2 Å². The van der Waals surface area contributed by atoms with Crippen LogP contribution in [0.5, 0.6) is 11.5 Å². The van der Waals surface area contributed by atoms with Crippen LogP contribution in [0.25, 0.3) is 17.2 Å². The number of alkyl halides is 3. The van der Waals surface area contributed by atoms with E-state index in [0.717, 1.165) is 17.8 Å². The monoisotopic (exact) mass is 560 g/mol. The summed E-state index contributed by atoms with van der Waals surface area (Å²) >= 11 is 1.01. The van der Waals surface area contributed by atoms with Gasteiger partial charge in [0.05, 0.1) is 19.8 Å². The molecule has 4 aromatic rings. The molecule has 40 heavy (non-hydrogen) atoms. The van der Waals surface area contributed by atoms with Crippen LogP contribution in [0.2, 0.25) is 0 Å². The van der Waals surface area contributed by atoms with Crippen LogP contribution in [0.3, 0.4) is 0 Å². The molecular formula is C31H23F3N2O3S. The fraction of sp³-hybridized carbons (Fsp3) is 0.129. The Labute approximate surface area is 233 Å². The Hall–Kier alpha value is -4.55. The molecule has 1 heterocycles. The van der Waals surface area contributed by atoms with Crippen molar-refractivity contribution in [3.05, 3.63) is 113 Å². The highest BCUT2D eigenvalue weighted by Crippen LogP contribution is 2.38. The van der Waals surface area contributed by atoms with Gasteiger partial charge in [0, 0.05) is 22.4 Å². The van der Waals surface area contributed by atoms with E-state index in [0.29, 0.717) is 33.8 Å². The van der Waals surface area contributed by atoms with Crippen molar-refractivity contribution in [1.82, 2.24) is 4.98 Å². The number of halogens is 3. The van der Waals surface area contributed by atoms with Crippen LogP contribution in [0.4, 0.5) is 13.2 Å². The lowest BCUT2D eigenvalue weighted by Gasteiger charge is -2.15. The fourth-order valence-corrected chi connectivity index (χ4v) is 4.91. The molecule has 0 atom stereocenters. The minimum absolute atomic E-state index is 0.0348. The number of carbonyl (C=O) groups excluding carboxylic acids is 1. The number of thioether (sulfide) groups is 1. The Morgan fingerprint density at radius 2 is 1.77 bits per heavy atom. The van der Waals surface area contributed by atoms with Gasteiger partial charge in [-0.1, -0.05) is 54.6 Å². The number of aromatic nitrogens is 1. The summed E-state index contributed by atoms with van der Waals surface area (Å²) < 4.78 is 51.8. The number of ether oxygens (including phenoxy) is 2. The summed E-state index contributed by atoms with van der Waals surface area (Å²) in [5, 5.41) is 9.85. The van der Waals surface area contributed by atoms with Crippen LogP contribution < -0.4 is 9.47 Å². The number of hydrogen-bond acceptors (Lipinski definition) is 6. The van der Waals surface area contributed by atoms with E-state index >= 15 is 0 Å². The van der Waals surface area contributed by atoms with E-state index < -0.39 is 11.9 Å². The minimum Gasteiger partial charge on any atom is -0.497 e. The Morgan fingerprint density at radius 1 is 1.00 bits per heavy atom. The smallest absolute Gasteiger partial charge is 0.433 e.